The van der Waals surface area contributed by atoms with E-state index < -0.39 is 14.4 Å². The Hall–Kier alpha value is -2.82. The summed E-state index contributed by atoms with van der Waals surface area (Å²) < 4.78 is 14.8. The van der Waals surface area contributed by atoms with Gasteiger partial charge in [-0.25, -0.2) is 0 Å². The van der Waals surface area contributed by atoms with Crippen molar-refractivity contribution in [1.29, 1.82) is 0 Å². The van der Waals surface area contributed by atoms with Crippen molar-refractivity contribution >= 4 is 18.7 Å². The van der Waals surface area contributed by atoms with Crippen LogP contribution in [0.4, 0.5) is 0 Å². The Bertz CT molecular complexity index is 1440. The van der Waals surface area contributed by atoms with Crippen molar-refractivity contribution in [3.8, 4) is 11.5 Å². The monoisotopic (exact) mass is 580 g/mol. The Kier molecular flexibility index (Phi) is 7.06. The SMILES string of the molecule is C=C(C)[C@H](O)CC[C@@]1(C)[C@@H]2c3c(cc(C)cc3O[Si](c3ccccc3)(c3ccccc3)C(C)(C)C)O[C@]3(C)CC[C@H]1[C@H]23. The number of hydrogen-bond donors (Lipinski definition) is 1. The molecule has 4 heteroatoms. The first kappa shape index (κ1) is 29.3. The molecule has 3 aromatic carbocycles. The molecule has 0 amide bonds. The fourth-order valence-electron chi connectivity index (χ4n) is 9.00. The Morgan fingerprint density at radius 2 is 1.64 bits per heavy atom. The number of hydrogen-bond acceptors (Lipinski definition) is 3. The summed E-state index contributed by atoms with van der Waals surface area (Å²) in [6, 6.07) is 26.3. The first-order chi connectivity index (χ1) is 19.8. The highest BCUT2D eigenvalue weighted by Gasteiger charge is 2.71. The van der Waals surface area contributed by atoms with Gasteiger partial charge in [-0.15, -0.1) is 0 Å². The fraction of sp³-hybridized carbons (Fsp3) is 0.474. The van der Waals surface area contributed by atoms with Crippen LogP contribution in [0.1, 0.15) is 84.3 Å². The summed E-state index contributed by atoms with van der Waals surface area (Å²) >= 11 is 0. The van der Waals surface area contributed by atoms with Crippen LogP contribution in [0.15, 0.2) is 84.9 Å². The molecule has 1 N–H and O–H groups in total. The molecule has 222 valence electrons. The molecule has 6 rings (SSSR count). The van der Waals surface area contributed by atoms with Crippen molar-refractivity contribution in [2.75, 3.05) is 0 Å². The van der Waals surface area contributed by atoms with Crippen LogP contribution >= 0.6 is 0 Å². The van der Waals surface area contributed by atoms with E-state index in [1.165, 1.54) is 22.4 Å². The quantitative estimate of drug-likeness (QED) is 0.217. The van der Waals surface area contributed by atoms with Gasteiger partial charge >= 0.3 is 8.32 Å². The Balaban J connectivity index is 1.54. The zero-order valence-corrected chi connectivity index (χ0v) is 27.5. The number of benzene rings is 3. The molecule has 6 atom stereocenters. The lowest BCUT2D eigenvalue weighted by molar-refractivity contribution is -0.135. The Labute approximate surface area is 254 Å². The fourth-order valence-corrected chi connectivity index (χ4v) is 13.4. The smallest absolute Gasteiger partial charge is 0.319 e. The maximum Gasteiger partial charge on any atom is 0.319 e. The molecular formula is C38H48O3Si. The number of aliphatic hydroxyl groups excluding tert-OH is 1. The highest BCUT2D eigenvalue weighted by atomic mass is 28.4. The minimum absolute atomic E-state index is 0.0657. The van der Waals surface area contributed by atoms with Crippen molar-refractivity contribution in [2.45, 2.75) is 96.8 Å². The molecule has 0 bridgehead atoms. The summed E-state index contributed by atoms with van der Waals surface area (Å²) in [7, 11) is -2.84. The summed E-state index contributed by atoms with van der Waals surface area (Å²) in [5.74, 6) is 3.35. The molecule has 0 aromatic heterocycles. The van der Waals surface area contributed by atoms with Crippen molar-refractivity contribution < 1.29 is 14.3 Å². The van der Waals surface area contributed by atoms with Crippen molar-refractivity contribution in [2.24, 2.45) is 17.3 Å². The second-order valence-electron chi connectivity index (χ2n) is 14.9. The van der Waals surface area contributed by atoms with Gasteiger partial charge in [0.25, 0.3) is 0 Å². The summed E-state index contributed by atoms with van der Waals surface area (Å²) in [6.45, 7) is 20.0. The van der Waals surface area contributed by atoms with E-state index in [0.717, 1.165) is 41.9 Å². The summed E-state index contributed by atoms with van der Waals surface area (Å²) in [5.41, 5.74) is 3.18. The normalized spacial score (nSPS) is 28.6. The van der Waals surface area contributed by atoms with Crippen LogP contribution in [-0.4, -0.2) is 25.1 Å². The molecule has 0 spiro atoms. The third-order valence-electron chi connectivity index (χ3n) is 11.1. The first-order valence-corrected chi connectivity index (χ1v) is 17.7. The van der Waals surface area contributed by atoms with E-state index in [9.17, 15) is 5.11 Å². The van der Waals surface area contributed by atoms with E-state index in [-0.39, 0.29) is 16.1 Å². The molecule has 3 nitrogen and oxygen atoms in total. The van der Waals surface area contributed by atoms with E-state index in [0.29, 0.717) is 17.8 Å². The minimum atomic E-state index is -2.84. The highest BCUT2D eigenvalue weighted by molar-refractivity contribution is 7.00. The number of fused-ring (bicyclic) bond motifs is 2. The van der Waals surface area contributed by atoms with Crippen LogP contribution in [0.25, 0.3) is 0 Å². The molecule has 1 aliphatic heterocycles. The zero-order valence-electron chi connectivity index (χ0n) is 26.5. The molecule has 3 aromatic rings. The van der Waals surface area contributed by atoms with Gasteiger partial charge in [0, 0.05) is 17.4 Å². The Morgan fingerprint density at radius 1 is 1.05 bits per heavy atom. The van der Waals surface area contributed by atoms with Crippen LogP contribution in [0, 0.1) is 24.2 Å². The van der Waals surface area contributed by atoms with Gasteiger partial charge in [-0.3, -0.25) is 0 Å². The van der Waals surface area contributed by atoms with Gasteiger partial charge in [0.15, 0.2) is 0 Å². The molecule has 2 aliphatic carbocycles. The van der Waals surface area contributed by atoms with Gasteiger partial charge in [-0.05, 0) is 90.9 Å². The number of aliphatic hydroxyl groups is 1. The molecule has 3 aliphatic rings. The van der Waals surface area contributed by atoms with E-state index in [1.807, 2.05) is 6.92 Å². The topological polar surface area (TPSA) is 38.7 Å². The molecule has 0 unspecified atom stereocenters. The molecule has 0 saturated heterocycles. The van der Waals surface area contributed by atoms with Crippen molar-refractivity contribution in [1.82, 2.24) is 0 Å². The second kappa shape index (κ2) is 10.1. The number of rotatable bonds is 8. The first-order valence-electron chi connectivity index (χ1n) is 15.8. The van der Waals surface area contributed by atoms with Crippen LogP contribution in [-0.2, 0) is 0 Å². The average Bonchev–Trinajstić information content (AvgIpc) is 3.28. The van der Waals surface area contributed by atoms with E-state index in [1.54, 1.807) is 0 Å². The predicted molar refractivity (Wildman–Crippen MR) is 176 cm³/mol. The van der Waals surface area contributed by atoms with E-state index >= 15 is 0 Å². The molecule has 1 heterocycles. The van der Waals surface area contributed by atoms with E-state index in [4.69, 9.17) is 9.16 Å². The lowest BCUT2D eigenvalue weighted by atomic mass is 9.43. The summed E-state index contributed by atoms with van der Waals surface area (Å²) in [5, 5.41) is 13.2. The number of aryl methyl sites for hydroxylation is 1. The lowest BCUT2D eigenvalue weighted by Gasteiger charge is -2.64. The highest BCUT2D eigenvalue weighted by Crippen LogP contribution is 2.75. The van der Waals surface area contributed by atoms with Gasteiger partial charge in [-0.2, -0.15) is 0 Å². The third kappa shape index (κ3) is 4.32. The summed E-state index contributed by atoms with van der Waals surface area (Å²) in [6.07, 6.45) is 3.51. The van der Waals surface area contributed by atoms with Crippen molar-refractivity contribution in [3.63, 3.8) is 0 Å². The number of ether oxygens (including phenoxy) is 1. The Morgan fingerprint density at radius 3 is 2.19 bits per heavy atom. The van der Waals surface area contributed by atoms with Gasteiger partial charge in [-0.1, -0.05) is 101 Å². The molecule has 0 radical (unpaired) electrons. The maximum atomic E-state index is 10.8. The van der Waals surface area contributed by atoms with Gasteiger partial charge in [0.1, 0.15) is 17.1 Å². The standard InChI is InChI=1S/C38H48O3Si/c1-25(2)30(39)20-21-37(7)29-19-22-38(8)34(29)35(37)33-31(40-38)23-26(3)24-32(33)41-42(36(4,5)6,27-15-11-9-12-16-27)28-17-13-10-14-18-28/h9-18,23-24,29-30,34-35,39H,1,19-22H2,2-8H3/t29-,30+,34+,35+,37+,38+/m0/s1. The molecule has 2 fully saturated rings. The minimum Gasteiger partial charge on any atom is -0.534 e. The molecule has 42 heavy (non-hydrogen) atoms. The summed E-state index contributed by atoms with van der Waals surface area (Å²) in [4.78, 5) is 0. The van der Waals surface area contributed by atoms with Crippen LogP contribution < -0.4 is 19.5 Å². The second-order valence-corrected chi connectivity index (χ2v) is 19.1. The van der Waals surface area contributed by atoms with E-state index in [2.05, 4.69) is 121 Å². The predicted octanol–water partition coefficient (Wildman–Crippen LogP) is 7.93. The van der Waals surface area contributed by atoms with Crippen LogP contribution in [0.5, 0.6) is 11.5 Å². The third-order valence-corrected chi connectivity index (χ3v) is 16.0. The largest absolute Gasteiger partial charge is 0.534 e. The van der Waals surface area contributed by atoms with Crippen molar-refractivity contribution in [3.05, 3.63) is 96.1 Å². The van der Waals surface area contributed by atoms with Gasteiger partial charge in [0.05, 0.1) is 6.10 Å². The molecular weight excluding hydrogens is 533 g/mol. The van der Waals surface area contributed by atoms with Crippen LogP contribution in [0.3, 0.4) is 0 Å². The zero-order chi connectivity index (χ0) is 30.1. The van der Waals surface area contributed by atoms with Gasteiger partial charge in [0.2, 0.25) is 0 Å². The lowest BCUT2D eigenvalue weighted by Crippen LogP contribution is -2.69. The average molecular weight is 581 g/mol. The molecule has 2 saturated carbocycles. The van der Waals surface area contributed by atoms with Gasteiger partial charge < -0.3 is 14.3 Å². The van der Waals surface area contributed by atoms with Crippen LogP contribution in [0.2, 0.25) is 5.04 Å². The maximum absolute atomic E-state index is 10.8.